The third-order valence-electron chi connectivity index (χ3n) is 4.16. The van der Waals surface area contributed by atoms with Crippen molar-refractivity contribution in [3.8, 4) is 11.5 Å². The molecule has 1 heterocycles. The van der Waals surface area contributed by atoms with E-state index in [4.69, 9.17) is 11.6 Å². The van der Waals surface area contributed by atoms with Crippen LogP contribution < -0.4 is 5.32 Å². The molecule has 6 heteroatoms. The zero-order chi connectivity index (χ0) is 17.3. The summed E-state index contributed by atoms with van der Waals surface area (Å²) in [5.41, 5.74) is 1.98. The minimum Gasteiger partial charge on any atom is -0.504 e. The minimum atomic E-state index is -0.456. The topological polar surface area (TPSA) is 72.8 Å². The number of carbonyl (C=O) groups is 1. The van der Waals surface area contributed by atoms with Gasteiger partial charge in [-0.2, -0.15) is 0 Å². The summed E-state index contributed by atoms with van der Waals surface area (Å²) < 4.78 is 0. The molecule has 1 aliphatic rings. The Bertz CT molecular complexity index is 756. The van der Waals surface area contributed by atoms with E-state index in [1.54, 1.807) is 17.0 Å². The van der Waals surface area contributed by atoms with Gasteiger partial charge in [0.2, 0.25) is 0 Å². The number of amides is 1. The molecule has 0 aromatic heterocycles. The van der Waals surface area contributed by atoms with E-state index in [1.807, 2.05) is 18.2 Å². The molecule has 0 saturated carbocycles. The van der Waals surface area contributed by atoms with Gasteiger partial charge in [-0.3, -0.25) is 4.79 Å². The highest BCUT2D eigenvalue weighted by Crippen LogP contribution is 2.39. The van der Waals surface area contributed by atoms with E-state index in [0.717, 1.165) is 18.5 Å². The van der Waals surface area contributed by atoms with E-state index in [-0.39, 0.29) is 22.4 Å². The fourth-order valence-corrected chi connectivity index (χ4v) is 3.10. The Morgan fingerprint density at radius 3 is 2.71 bits per heavy atom. The number of hydrogen-bond acceptors (Lipinski definition) is 4. The van der Waals surface area contributed by atoms with Crippen LogP contribution in [-0.4, -0.2) is 27.6 Å². The van der Waals surface area contributed by atoms with Crippen LogP contribution >= 0.6 is 11.6 Å². The number of aromatic hydroxyl groups is 2. The molecule has 0 bridgehead atoms. The van der Waals surface area contributed by atoms with Crippen LogP contribution in [0, 0.1) is 0 Å². The quantitative estimate of drug-likeness (QED) is 0.728. The molecule has 0 spiro atoms. The second kappa shape index (κ2) is 6.61. The Labute approximate surface area is 145 Å². The Morgan fingerprint density at radius 1 is 1.25 bits per heavy atom. The van der Waals surface area contributed by atoms with Crippen molar-refractivity contribution in [3.05, 3.63) is 52.5 Å². The van der Waals surface area contributed by atoms with Crippen molar-refractivity contribution in [2.75, 3.05) is 11.9 Å². The predicted molar refractivity (Wildman–Crippen MR) is 93.5 cm³/mol. The van der Waals surface area contributed by atoms with Gasteiger partial charge in [0.05, 0.1) is 10.6 Å². The third kappa shape index (κ3) is 2.87. The van der Waals surface area contributed by atoms with Gasteiger partial charge in [0.25, 0.3) is 5.91 Å². The van der Waals surface area contributed by atoms with Crippen LogP contribution in [-0.2, 0) is 0 Å². The number of unbranched alkanes of at least 4 members (excludes halogenated alkanes) is 1. The second-order valence-corrected chi connectivity index (χ2v) is 6.22. The fourth-order valence-electron chi connectivity index (χ4n) is 2.88. The Balaban J connectivity index is 2.05. The third-order valence-corrected chi connectivity index (χ3v) is 4.44. The zero-order valence-corrected chi connectivity index (χ0v) is 14.0. The maximum Gasteiger partial charge on any atom is 0.257 e. The monoisotopic (exact) mass is 346 g/mol. The number of anilines is 1. The summed E-state index contributed by atoms with van der Waals surface area (Å²) in [5.74, 6) is -0.726. The molecule has 1 atom stereocenters. The second-order valence-electron chi connectivity index (χ2n) is 5.82. The van der Waals surface area contributed by atoms with Crippen molar-refractivity contribution in [2.45, 2.75) is 25.9 Å². The Hall–Kier alpha value is -2.40. The van der Waals surface area contributed by atoms with Crippen LogP contribution in [0.25, 0.3) is 0 Å². The molecule has 0 aliphatic carbocycles. The van der Waals surface area contributed by atoms with Crippen LogP contribution in [0.3, 0.4) is 0 Å². The molecule has 3 rings (SSSR count). The first-order valence-electron chi connectivity index (χ1n) is 7.90. The molecule has 1 aliphatic heterocycles. The van der Waals surface area contributed by atoms with E-state index in [9.17, 15) is 15.0 Å². The number of hydrogen-bond donors (Lipinski definition) is 3. The van der Waals surface area contributed by atoms with E-state index < -0.39 is 6.17 Å². The normalized spacial score (nSPS) is 16.7. The summed E-state index contributed by atoms with van der Waals surface area (Å²) in [6.07, 6.45) is 1.37. The van der Waals surface area contributed by atoms with Gasteiger partial charge in [-0.1, -0.05) is 37.1 Å². The number of halogens is 1. The molecule has 2 aromatic rings. The summed E-state index contributed by atoms with van der Waals surface area (Å²) in [7, 11) is 0. The molecule has 5 nitrogen and oxygen atoms in total. The molecule has 0 fully saturated rings. The maximum atomic E-state index is 12.9. The highest BCUT2D eigenvalue weighted by atomic mass is 35.5. The summed E-state index contributed by atoms with van der Waals surface area (Å²) in [6.45, 7) is 2.65. The first-order valence-corrected chi connectivity index (χ1v) is 8.28. The molecular weight excluding hydrogens is 328 g/mol. The average Bonchev–Trinajstić information content (AvgIpc) is 2.58. The van der Waals surface area contributed by atoms with Crippen molar-refractivity contribution in [1.29, 1.82) is 0 Å². The number of benzene rings is 2. The van der Waals surface area contributed by atoms with Crippen LogP contribution in [0.2, 0.25) is 5.02 Å². The molecule has 1 unspecified atom stereocenters. The zero-order valence-electron chi connectivity index (χ0n) is 13.3. The van der Waals surface area contributed by atoms with Gasteiger partial charge in [-0.25, -0.2) is 0 Å². The van der Waals surface area contributed by atoms with E-state index >= 15 is 0 Å². The van der Waals surface area contributed by atoms with E-state index in [0.29, 0.717) is 17.7 Å². The van der Waals surface area contributed by atoms with Gasteiger partial charge < -0.3 is 20.4 Å². The highest BCUT2D eigenvalue weighted by Gasteiger charge is 2.33. The number of phenols is 2. The maximum absolute atomic E-state index is 12.9. The molecule has 1 amide bonds. The van der Waals surface area contributed by atoms with Crippen LogP contribution in [0.5, 0.6) is 11.5 Å². The largest absolute Gasteiger partial charge is 0.504 e. The van der Waals surface area contributed by atoms with Crippen molar-refractivity contribution in [1.82, 2.24) is 4.90 Å². The molecular formula is C18H19ClN2O3. The van der Waals surface area contributed by atoms with Crippen LogP contribution in [0.4, 0.5) is 5.69 Å². The van der Waals surface area contributed by atoms with E-state index in [2.05, 4.69) is 12.2 Å². The van der Waals surface area contributed by atoms with Gasteiger partial charge in [0.15, 0.2) is 11.5 Å². The lowest BCUT2D eigenvalue weighted by atomic mass is 10.0. The lowest BCUT2D eigenvalue weighted by molar-refractivity contribution is 0.0680. The first kappa shape index (κ1) is 16.5. The van der Waals surface area contributed by atoms with Crippen LogP contribution in [0.15, 0.2) is 36.4 Å². The van der Waals surface area contributed by atoms with Gasteiger partial charge >= 0.3 is 0 Å². The number of para-hydroxylation sites is 1. The SMILES string of the molecule is CCCCN1C(=O)c2ccccc2NC1c1cc(O)c(O)c(Cl)c1. The molecule has 24 heavy (non-hydrogen) atoms. The number of nitrogens with zero attached hydrogens (tertiary/aromatic N) is 1. The first-order chi connectivity index (χ1) is 11.5. The number of rotatable bonds is 4. The molecule has 0 radical (unpaired) electrons. The number of carbonyl (C=O) groups excluding carboxylic acids is 1. The van der Waals surface area contributed by atoms with Gasteiger partial charge in [0, 0.05) is 17.8 Å². The molecule has 2 aromatic carbocycles. The Kier molecular flexibility index (Phi) is 4.53. The van der Waals surface area contributed by atoms with Crippen LogP contribution in [0.1, 0.15) is 41.9 Å². The van der Waals surface area contributed by atoms with Crippen molar-refractivity contribution in [2.24, 2.45) is 0 Å². The van der Waals surface area contributed by atoms with Crippen molar-refractivity contribution < 1.29 is 15.0 Å². The summed E-state index contributed by atoms with van der Waals surface area (Å²) in [4.78, 5) is 14.6. The number of nitrogens with one attached hydrogen (secondary N) is 1. The fraction of sp³-hybridized carbons (Fsp3) is 0.278. The lowest BCUT2D eigenvalue weighted by Gasteiger charge is -2.38. The number of phenolic OH excluding ortho intramolecular Hbond substituents is 2. The number of fused-ring (bicyclic) bond motifs is 1. The standard InChI is InChI=1S/C18H19ClN2O3/c1-2-3-8-21-17(11-9-13(19)16(23)15(22)10-11)20-14-7-5-4-6-12(14)18(21)24/h4-7,9-10,17,20,22-23H,2-3,8H2,1H3. The summed E-state index contributed by atoms with van der Waals surface area (Å²) in [6, 6.07) is 10.3. The molecule has 126 valence electrons. The molecule has 0 saturated heterocycles. The lowest BCUT2D eigenvalue weighted by Crippen LogP contribution is -2.43. The smallest absolute Gasteiger partial charge is 0.257 e. The Morgan fingerprint density at radius 2 is 2.00 bits per heavy atom. The predicted octanol–water partition coefficient (Wildman–Crippen LogP) is 4.12. The highest BCUT2D eigenvalue weighted by molar-refractivity contribution is 6.32. The summed E-state index contributed by atoms with van der Waals surface area (Å²) >= 11 is 5.99. The van der Waals surface area contributed by atoms with Gasteiger partial charge in [0.1, 0.15) is 6.17 Å². The van der Waals surface area contributed by atoms with Crippen molar-refractivity contribution >= 4 is 23.2 Å². The van der Waals surface area contributed by atoms with Gasteiger partial charge in [-0.05, 0) is 30.7 Å². The minimum absolute atomic E-state index is 0.0496. The van der Waals surface area contributed by atoms with E-state index in [1.165, 1.54) is 6.07 Å². The van der Waals surface area contributed by atoms with Gasteiger partial charge in [-0.15, -0.1) is 0 Å². The summed E-state index contributed by atoms with van der Waals surface area (Å²) in [5, 5.41) is 22.9. The average molecular weight is 347 g/mol. The van der Waals surface area contributed by atoms with Crippen molar-refractivity contribution in [3.63, 3.8) is 0 Å². The molecule has 3 N–H and O–H groups in total.